The van der Waals surface area contributed by atoms with Crippen molar-refractivity contribution in [1.82, 2.24) is 4.98 Å². The average Bonchev–Trinajstić information content (AvgIpc) is 3.20. The van der Waals surface area contributed by atoms with Gasteiger partial charge in [0.15, 0.2) is 11.7 Å². The molecule has 0 radical (unpaired) electrons. The molecule has 162 valence electrons. The van der Waals surface area contributed by atoms with Crippen molar-refractivity contribution in [2.45, 2.75) is 39.0 Å². The molecule has 1 aliphatic rings. The SMILES string of the molecule is Cc1ccc(-c2cnc(CCC(=O)N3CCCc4cc(OC(F)(F)F)ccc43)o2)cc1. The molecule has 0 atom stereocenters. The summed E-state index contributed by atoms with van der Waals surface area (Å²) in [5.74, 6) is 0.711. The highest BCUT2D eigenvalue weighted by atomic mass is 19.4. The first-order valence-corrected chi connectivity index (χ1v) is 9.99. The number of halogens is 3. The van der Waals surface area contributed by atoms with E-state index < -0.39 is 6.36 Å². The molecule has 5 nitrogen and oxygen atoms in total. The summed E-state index contributed by atoms with van der Waals surface area (Å²) in [6, 6.07) is 12.0. The van der Waals surface area contributed by atoms with Crippen LogP contribution in [-0.4, -0.2) is 23.8 Å². The summed E-state index contributed by atoms with van der Waals surface area (Å²) in [6.07, 6.45) is -1.31. The molecule has 0 saturated carbocycles. The molecule has 0 N–H and O–H groups in total. The molecule has 1 aromatic heterocycles. The molecule has 1 amide bonds. The first-order chi connectivity index (χ1) is 14.8. The molecule has 0 saturated heterocycles. The van der Waals surface area contributed by atoms with Gasteiger partial charge in [-0.05, 0) is 43.5 Å². The van der Waals surface area contributed by atoms with E-state index in [2.05, 4.69) is 9.72 Å². The predicted molar refractivity (Wildman–Crippen MR) is 109 cm³/mol. The highest BCUT2D eigenvalue weighted by Crippen LogP contribution is 2.33. The van der Waals surface area contributed by atoms with E-state index in [1.54, 1.807) is 11.1 Å². The minimum Gasteiger partial charge on any atom is -0.441 e. The van der Waals surface area contributed by atoms with E-state index in [1.807, 2.05) is 31.2 Å². The van der Waals surface area contributed by atoms with Crippen LogP contribution in [-0.2, 0) is 17.6 Å². The Morgan fingerprint density at radius 3 is 2.71 bits per heavy atom. The van der Waals surface area contributed by atoms with Gasteiger partial charge in [0, 0.05) is 30.6 Å². The van der Waals surface area contributed by atoms with Crippen molar-refractivity contribution in [3.05, 3.63) is 65.7 Å². The van der Waals surface area contributed by atoms with Crippen LogP contribution in [0.1, 0.15) is 29.9 Å². The molecule has 0 aliphatic carbocycles. The number of ether oxygens (including phenoxy) is 1. The number of amides is 1. The van der Waals surface area contributed by atoms with Gasteiger partial charge in [-0.15, -0.1) is 13.2 Å². The molecule has 3 aromatic rings. The number of carbonyl (C=O) groups is 1. The number of aryl methyl sites for hydroxylation is 3. The summed E-state index contributed by atoms with van der Waals surface area (Å²) in [7, 11) is 0. The van der Waals surface area contributed by atoms with E-state index in [0.29, 0.717) is 48.7 Å². The number of oxazole rings is 1. The predicted octanol–water partition coefficient (Wildman–Crippen LogP) is 5.46. The van der Waals surface area contributed by atoms with Crippen molar-refractivity contribution in [2.24, 2.45) is 0 Å². The highest BCUT2D eigenvalue weighted by Gasteiger charge is 2.32. The number of fused-ring (bicyclic) bond motifs is 1. The van der Waals surface area contributed by atoms with Crippen molar-refractivity contribution < 1.29 is 27.1 Å². The number of rotatable bonds is 5. The van der Waals surface area contributed by atoms with Gasteiger partial charge in [-0.25, -0.2) is 4.98 Å². The molecule has 1 aliphatic heterocycles. The third-order valence-corrected chi connectivity index (χ3v) is 5.15. The number of aromatic nitrogens is 1. The molecule has 0 unspecified atom stereocenters. The minimum atomic E-state index is -4.74. The molecule has 0 bridgehead atoms. The zero-order valence-corrected chi connectivity index (χ0v) is 16.9. The Kier molecular flexibility index (Phi) is 5.71. The molecule has 8 heteroatoms. The van der Waals surface area contributed by atoms with E-state index >= 15 is 0 Å². The van der Waals surface area contributed by atoms with Gasteiger partial charge in [0.1, 0.15) is 5.75 Å². The Balaban J connectivity index is 1.41. The first kappa shape index (κ1) is 21.0. The fourth-order valence-corrected chi connectivity index (χ4v) is 3.66. The van der Waals surface area contributed by atoms with Crippen LogP contribution in [0, 0.1) is 6.92 Å². The summed E-state index contributed by atoms with van der Waals surface area (Å²) in [6.45, 7) is 2.52. The lowest BCUT2D eigenvalue weighted by atomic mass is 10.0. The van der Waals surface area contributed by atoms with Crippen molar-refractivity contribution in [3.63, 3.8) is 0 Å². The third kappa shape index (κ3) is 5.07. The Hall–Kier alpha value is -3.29. The van der Waals surface area contributed by atoms with E-state index in [4.69, 9.17) is 4.42 Å². The fraction of sp³-hybridized carbons (Fsp3) is 0.304. The van der Waals surface area contributed by atoms with Crippen LogP contribution in [0.2, 0.25) is 0 Å². The number of alkyl halides is 3. The number of hydrogen-bond acceptors (Lipinski definition) is 4. The van der Waals surface area contributed by atoms with Gasteiger partial charge in [-0.3, -0.25) is 4.79 Å². The van der Waals surface area contributed by atoms with Gasteiger partial charge in [0.25, 0.3) is 0 Å². The second-order valence-corrected chi connectivity index (χ2v) is 7.47. The van der Waals surface area contributed by atoms with Gasteiger partial charge >= 0.3 is 6.36 Å². The Labute approximate surface area is 177 Å². The maximum atomic E-state index is 12.8. The Morgan fingerprint density at radius 1 is 1.19 bits per heavy atom. The normalized spacial score (nSPS) is 13.7. The summed E-state index contributed by atoms with van der Waals surface area (Å²) in [5, 5.41) is 0. The van der Waals surface area contributed by atoms with Gasteiger partial charge in [-0.1, -0.05) is 29.8 Å². The van der Waals surface area contributed by atoms with Crippen molar-refractivity contribution >= 4 is 11.6 Å². The molecular weight excluding hydrogens is 409 g/mol. The number of anilines is 1. The molecule has 2 heterocycles. The van der Waals surface area contributed by atoms with E-state index in [-0.39, 0.29) is 18.1 Å². The van der Waals surface area contributed by atoms with Crippen LogP contribution in [0.3, 0.4) is 0 Å². The lowest BCUT2D eigenvalue weighted by molar-refractivity contribution is -0.274. The molecule has 0 fully saturated rings. The minimum absolute atomic E-state index is 0.125. The van der Waals surface area contributed by atoms with E-state index in [1.165, 1.54) is 18.2 Å². The van der Waals surface area contributed by atoms with Gasteiger partial charge in [0.05, 0.1) is 6.20 Å². The van der Waals surface area contributed by atoms with Gasteiger partial charge in [-0.2, -0.15) is 0 Å². The topological polar surface area (TPSA) is 55.6 Å². The zero-order chi connectivity index (χ0) is 22.0. The van der Waals surface area contributed by atoms with E-state index in [9.17, 15) is 18.0 Å². The maximum absolute atomic E-state index is 12.8. The number of nitrogens with zero attached hydrogens (tertiary/aromatic N) is 2. The average molecular weight is 430 g/mol. The van der Waals surface area contributed by atoms with Gasteiger partial charge < -0.3 is 14.1 Å². The Bertz CT molecular complexity index is 1070. The largest absolute Gasteiger partial charge is 0.573 e. The van der Waals surface area contributed by atoms with Crippen molar-refractivity contribution in [2.75, 3.05) is 11.4 Å². The van der Waals surface area contributed by atoms with Crippen LogP contribution in [0.4, 0.5) is 18.9 Å². The van der Waals surface area contributed by atoms with Crippen LogP contribution >= 0.6 is 0 Å². The summed E-state index contributed by atoms with van der Waals surface area (Å²) in [4.78, 5) is 18.7. The number of carbonyl (C=O) groups excluding carboxylic acids is 1. The second kappa shape index (κ2) is 8.45. The second-order valence-electron chi connectivity index (χ2n) is 7.47. The van der Waals surface area contributed by atoms with Crippen LogP contribution < -0.4 is 9.64 Å². The number of hydrogen-bond donors (Lipinski definition) is 0. The van der Waals surface area contributed by atoms with Crippen LogP contribution in [0.5, 0.6) is 5.75 Å². The quantitative estimate of drug-likeness (QED) is 0.539. The molecular formula is C23H21F3N2O3. The monoisotopic (exact) mass is 430 g/mol. The lowest BCUT2D eigenvalue weighted by Gasteiger charge is -2.30. The highest BCUT2D eigenvalue weighted by molar-refractivity contribution is 5.94. The number of benzene rings is 2. The Morgan fingerprint density at radius 2 is 1.97 bits per heavy atom. The van der Waals surface area contributed by atoms with E-state index in [0.717, 1.165) is 11.1 Å². The zero-order valence-electron chi connectivity index (χ0n) is 16.9. The summed E-state index contributed by atoms with van der Waals surface area (Å²) >= 11 is 0. The summed E-state index contributed by atoms with van der Waals surface area (Å²) < 4.78 is 47.2. The van der Waals surface area contributed by atoms with Crippen LogP contribution in [0.25, 0.3) is 11.3 Å². The van der Waals surface area contributed by atoms with Gasteiger partial charge in [0.2, 0.25) is 5.91 Å². The first-order valence-electron chi connectivity index (χ1n) is 9.99. The standard InChI is InChI=1S/C23H21F3N2O3/c1-15-4-6-16(7-5-15)20-14-27-21(30-20)10-11-22(29)28-12-2-3-17-13-18(8-9-19(17)28)31-23(24,25)26/h4-9,13-14H,2-3,10-12H2,1H3. The maximum Gasteiger partial charge on any atom is 0.573 e. The van der Waals surface area contributed by atoms with Crippen molar-refractivity contribution in [3.8, 4) is 17.1 Å². The lowest BCUT2D eigenvalue weighted by Crippen LogP contribution is -2.35. The van der Waals surface area contributed by atoms with Crippen LogP contribution in [0.15, 0.2) is 53.1 Å². The van der Waals surface area contributed by atoms with Crippen molar-refractivity contribution in [1.29, 1.82) is 0 Å². The summed E-state index contributed by atoms with van der Waals surface area (Å²) in [5.41, 5.74) is 3.35. The molecule has 0 spiro atoms. The smallest absolute Gasteiger partial charge is 0.441 e. The molecule has 31 heavy (non-hydrogen) atoms. The fourth-order valence-electron chi connectivity index (χ4n) is 3.66. The molecule has 4 rings (SSSR count). The molecule has 2 aromatic carbocycles. The third-order valence-electron chi connectivity index (χ3n) is 5.15.